The summed E-state index contributed by atoms with van der Waals surface area (Å²) in [5, 5.41) is 8.47. The second kappa shape index (κ2) is 5.19. The number of sulfone groups is 1. The summed E-state index contributed by atoms with van der Waals surface area (Å²) in [4.78, 5) is 0.190. The van der Waals surface area contributed by atoms with Crippen LogP contribution in [0, 0.1) is 18.3 Å². The first kappa shape index (κ1) is 13.5. The van der Waals surface area contributed by atoms with Gasteiger partial charge < -0.3 is 4.74 Å². The van der Waals surface area contributed by atoms with Crippen LogP contribution in [0.3, 0.4) is 0 Å². The van der Waals surface area contributed by atoms with Gasteiger partial charge in [0.05, 0.1) is 17.1 Å². The molecule has 0 saturated carbocycles. The normalized spacial score (nSPS) is 11.2. The molecule has 0 aliphatic heterocycles. The maximum absolute atomic E-state index is 11.7. The Kier molecular flexibility index (Phi) is 4.13. The molecule has 1 aromatic carbocycles. The molecule has 0 N–H and O–H groups in total. The molecule has 0 atom stereocenters. The Morgan fingerprint density at radius 1 is 1.41 bits per heavy atom. The predicted octanol–water partition coefficient (Wildman–Crippen LogP) is 2.08. The molecule has 1 rings (SSSR count). The number of nitriles is 1. The van der Waals surface area contributed by atoms with E-state index in [-0.39, 0.29) is 11.0 Å². The van der Waals surface area contributed by atoms with E-state index in [2.05, 4.69) is 0 Å². The van der Waals surface area contributed by atoms with Crippen molar-refractivity contribution in [1.29, 1.82) is 5.26 Å². The van der Waals surface area contributed by atoms with Crippen LogP contribution in [0.5, 0.6) is 5.75 Å². The van der Waals surface area contributed by atoms with Crippen LogP contribution in [0.2, 0.25) is 0 Å². The van der Waals surface area contributed by atoms with Gasteiger partial charge in [-0.2, -0.15) is 5.26 Å². The fourth-order valence-electron chi connectivity index (χ4n) is 1.48. The summed E-state index contributed by atoms with van der Waals surface area (Å²) in [5.41, 5.74) is 0.596. The summed E-state index contributed by atoms with van der Waals surface area (Å²) in [6.07, 6.45) is 0.0379. The van der Waals surface area contributed by atoms with Gasteiger partial charge in [0.15, 0.2) is 9.84 Å². The molecule has 0 heterocycles. The summed E-state index contributed by atoms with van der Waals surface area (Å²) in [5.74, 6) is 0.131. The molecule has 5 heteroatoms. The number of hydrogen-bond acceptors (Lipinski definition) is 4. The molecule has 0 amide bonds. The fourth-order valence-corrected chi connectivity index (χ4v) is 2.63. The van der Waals surface area contributed by atoms with Gasteiger partial charge in [-0.15, -0.1) is 0 Å². The number of aryl methyl sites for hydroxylation is 1. The van der Waals surface area contributed by atoms with Crippen LogP contribution in [0.1, 0.15) is 19.4 Å². The Balaban J connectivity index is 3.11. The third-order valence-corrected chi connectivity index (χ3v) is 3.75. The summed E-state index contributed by atoms with van der Waals surface area (Å²) in [7, 11) is -3.50. The van der Waals surface area contributed by atoms with Gasteiger partial charge in [0.25, 0.3) is 0 Å². The van der Waals surface area contributed by atoms with Crippen molar-refractivity contribution in [2.45, 2.75) is 31.8 Å². The van der Waals surface area contributed by atoms with Gasteiger partial charge in [-0.05, 0) is 44.5 Å². The van der Waals surface area contributed by atoms with Crippen molar-refractivity contribution in [2.24, 2.45) is 0 Å². The zero-order chi connectivity index (χ0) is 13.1. The molecule has 0 radical (unpaired) electrons. The standard InChI is InChI=1S/C12H15NO3S/c1-9(2)16-11-4-5-12(10(3)8-11)17(14,15)7-6-13/h4-5,8-9H,7H2,1-3H3. The number of nitrogens with zero attached hydrogens (tertiary/aromatic N) is 1. The molecule has 0 aliphatic rings. The van der Waals surface area contributed by atoms with Crippen LogP contribution in [-0.4, -0.2) is 20.3 Å². The molecule has 0 fully saturated rings. The van der Waals surface area contributed by atoms with Crippen molar-refractivity contribution >= 4 is 9.84 Å². The minimum Gasteiger partial charge on any atom is -0.491 e. The molecule has 0 bridgehead atoms. The van der Waals surface area contributed by atoms with Crippen LogP contribution in [0.4, 0.5) is 0 Å². The van der Waals surface area contributed by atoms with Gasteiger partial charge in [-0.3, -0.25) is 0 Å². The van der Waals surface area contributed by atoms with Gasteiger partial charge >= 0.3 is 0 Å². The second-order valence-electron chi connectivity index (χ2n) is 4.01. The average molecular weight is 253 g/mol. The topological polar surface area (TPSA) is 67.2 Å². The van der Waals surface area contributed by atoms with Crippen molar-refractivity contribution in [1.82, 2.24) is 0 Å². The van der Waals surface area contributed by atoms with E-state index < -0.39 is 15.6 Å². The highest BCUT2D eigenvalue weighted by Gasteiger charge is 2.17. The van der Waals surface area contributed by atoms with Crippen LogP contribution in [0.25, 0.3) is 0 Å². The molecule has 0 unspecified atom stereocenters. The molecular weight excluding hydrogens is 238 g/mol. The number of benzene rings is 1. The minimum absolute atomic E-state index is 0.0379. The van der Waals surface area contributed by atoms with E-state index in [0.717, 1.165) is 0 Å². The fraction of sp³-hybridized carbons (Fsp3) is 0.417. The molecule has 0 aromatic heterocycles. The van der Waals surface area contributed by atoms with E-state index in [1.807, 2.05) is 13.8 Å². The zero-order valence-corrected chi connectivity index (χ0v) is 10.9. The molecule has 92 valence electrons. The lowest BCUT2D eigenvalue weighted by Crippen LogP contribution is -2.09. The van der Waals surface area contributed by atoms with Crippen molar-refractivity contribution in [3.8, 4) is 11.8 Å². The average Bonchev–Trinajstić information content (AvgIpc) is 2.15. The van der Waals surface area contributed by atoms with Crippen molar-refractivity contribution in [3.63, 3.8) is 0 Å². The Morgan fingerprint density at radius 2 is 2.06 bits per heavy atom. The molecule has 0 saturated heterocycles. The molecule has 17 heavy (non-hydrogen) atoms. The quantitative estimate of drug-likeness (QED) is 0.824. The first-order valence-corrected chi connectivity index (χ1v) is 6.89. The number of ether oxygens (including phenoxy) is 1. The SMILES string of the molecule is Cc1cc(OC(C)C)ccc1S(=O)(=O)CC#N. The van der Waals surface area contributed by atoms with E-state index in [1.54, 1.807) is 25.1 Å². The molecule has 0 spiro atoms. The van der Waals surface area contributed by atoms with Gasteiger partial charge in [0.2, 0.25) is 0 Å². The van der Waals surface area contributed by atoms with E-state index >= 15 is 0 Å². The molecule has 1 aromatic rings. The third-order valence-electron chi connectivity index (χ3n) is 2.11. The Morgan fingerprint density at radius 3 is 2.53 bits per heavy atom. The Bertz CT molecular complexity index is 541. The molecule has 4 nitrogen and oxygen atoms in total. The Hall–Kier alpha value is -1.54. The third kappa shape index (κ3) is 3.46. The first-order valence-electron chi connectivity index (χ1n) is 5.24. The van der Waals surface area contributed by atoms with Crippen LogP contribution in [-0.2, 0) is 9.84 Å². The second-order valence-corrected chi connectivity index (χ2v) is 5.97. The lowest BCUT2D eigenvalue weighted by Gasteiger charge is -2.12. The minimum atomic E-state index is -3.50. The van der Waals surface area contributed by atoms with Crippen molar-refractivity contribution < 1.29 is 13.2 Å². The van der Waals surface area contributed by atoms with Crippen LogP contribution >= 0.6 is 0 Å². The molecular formula is C12H15NO3S. The zero-order valence-electron chi connectivity index (χ0n) is 10.1. The summed E-state index contributed by atoms with van der Waals surface area (Å²) < 4.78 is 28.9. The van der Waals surface area contributed by atoms with Gasteiger partial charge in [-0.1, -0.05) is 0 Å². The lowest BCUT2D eigenvalue weighted by molar-refractivity contribution is 0.242. The van der Waals surface area contributed by atoms with Crippen molar-refractivity contribution in [2.75, 3.05) is 5.75 Å². The number of rotatable bonds is 4. The summed E-state index contributed by atoms with van der Waals surface area (Å²) >= 11 is 0. The monoisotopic (exact) mass is 253 g/mol. The lowest BCUT2D eigenvalue weighted by atomic mass is 10.2. The highest BCUT2D eigenvalue weighted by atomic mass is 32.2. The molecule has 0 aliphatic carbocycles. The largest absolute Gasteiger partial charge is 0.491 e. The van der Waals surface area contributed by atoms with Crippen LogP contribution < -0.4 is 4.74 Å². The van der Waals surface area contributed by atoms with Gasteiger partial charge in [0, 0.05) is 0 Å². The summed E-state index contributed by atoms with van der Waals surface area (Å²) in [6.45, 7) is 5.49. The Labute approximate surface area is 102 Å². The van der Waals surface area contributed by atoms with E-state index in [4.69, 9.17) is 10.00 Å². The van der Waals surface area contributed by atoms with Crippen LogP contribution in [0.15, 0.2) is 23.1 Å². The van der Waals surface area contributed by atoms with Gasteiger partial charge in [0.1, 0.15) is 11.5 Å². The number of hydrogen-bond donors (Lipinski definition) is 0. The predicted molar refractivity (Wildman–Crippen MR) is 64.6 cm³/mol. The van der Waals surface area contributed by atoms with E-state index in [0.29, 0.717) is 11.3 Å². The first-order chi connectivity index (χ1) is 7.86. The highest BCUT2D eigenvalue weighted by molar-refractivity contribution is 7.91. The van der Waals surface area contributed by atoms with E-state index in [9.17, 15) is 8.42 Å². The maximum Gasteiger partial charge on any atom is 0.191 e. The maximum atomic E-state index is 11.7. The van der Waals surface area contributed by atoms with E-state index in [1.165, 1.54) is 6.07 Å². The van der Waals surface area contributed by atoms with Crippen molar-refractivity contribution in [3.05, 3.63) is 23.8 Å². The highest BCUT2D eigenvalue weighted by Crippen LogP contribution is 2.22. The van der Waals surface area contributed by atoms with Gasteiger partial charge in [-0.25, -0.2) is 8.42 Å². The summed E-state index contributed by atoms with van der Waals surface area (Å²) in [6, 6.07) is 6.43. The smallest absolute Gasteiger partial charge is 0.191 e.